The molecule has 8 heteroatoms. The molecule has 146 valence electrons. The summed E-state index contributed by atoms with van der Waals surface area (Å²) in [7, 11) is 3.11. The fourth-order valence-corrected chi connectivity index (χ4v) is 3.38. The first kappa shape index (κ1) is 18.2. The maximum absolute atomic E-state index is 12.4. The molecule has 1 aliphatic rings. The lowest BCUT2D eigenvalue weighted by molar-refractivity contribution is 0.0590. The second kappa shape index (κ2) is 7.10. The van der Waals surface area contributed by atoms with E-state index in [1.165, 1.54) is 20.0 Å². The van der Waals surface area contributed by atoms with Crippen molar-refractivity contribution in [2.24, 2.45) is 13.0 Å². The number of hydrogen-bond donors (Lipinski definition) is 1. The van der Waals surface area contributed by atoms with Gasteiger partial charge < -0.3 is 14.6 Å². The van der Waals surface area contributed by atoms with Gasteiger partial charge in [-0.3, -0.25) is 9.36 Å². The summed E-state index contributed by atoms with van der Waals surface area (Å²) in [6, 6.07) is 5.04. The number of esters is 1. The first-order valence-electron chi connectivity index (χ1n) is 9.36. The predicted molar refractivity (Wildman–Crippen MR) is 106 cm³/mol. The van der Waals surface area contributed by atoms with Crippen LogP contribution in [-0.4, -0.2) is 32.2 Å². The summed E-state index contributed by atoms with van der Waals surface area (Å²) in [4.78, 5) is 33.4. The van der Waals surface area contributed by atoms with E-state index in [1.807, 2.05) is 6.92 Å². The zero-order valence-electron chi connectivity index (χ0n) is 16.2. The molecule has 0 atom stereocenters. The summed E-state index contributed by atoms with van der Waals surface area (Å²) in [5.74, 6) is 0.696. The molecule has 0 unspecified atom stereocenters. The zero-order chi connectivity index (χ0) is 19.8. The highest BCUT2D eigenvalue weighted by molar-refractivity contribution is 5.89. The largest absolute Gasteiger partial charge is 0.464 e. The molecule has 0 amide bonds. The van der Waals surface area contributed by atoms with Crippen molar-refractivity contribution in [2.75, 3.05) is 12.4 Å². The predicted octanol–water partition coefficient (Wildman–Crippen LogP) is 2.77. The van der Waals surface area contributed by atoms with E-state index in [0.717, 1.165) is 23.4 Å². The fourth-order valence-electron chi connectivity index (χ4n) is 3.38. The molecule has 1 saturated carbocycles. The normalized spacial score (nSPS) is 13.7. The van der Waals surface area contributed by atoms with Crippen molar-refractivity contribution < 1.29 is 9.53 Å². The van der Waals surface area contributed by atoms with E-state index < -0.39 is 5.97 Å². The van der Waals surface area contributed by atoms with Gasteiger partial charge in [0.2, 0.25) is 5.95 Å². The minimum atomic E-state index is -0.417. The van der Waals surface area contributed by atoms with Crippen LogP contribution in [0.4, 0.5) is 11.6 Å². The number of methoxy groups -OCH3 is 1. The summed E-state index contributed by atoms with van der Waals surface area (Å²) in [6.07, 6.45) is 5.25. The highest BCUT2D eigenvalue weighted by Gasteiger charge is 2.21. The summed E-state index contributed by atoms with van der Waals surface area (Å²) in [6.45, 7) is 2.56. The van der Waals surface area contributed by atoms with Crippen LogP contribution in [-0.2, 0) is 18.3 Å². The number of anilines is 2. The Morgan fingerprint density at radius 1 is 1.32 bits per heavy atom. The topological polar surface area (TPSA) is 91.0 Å². The van der Waals surface area contributed by atoms with Gasteiger partial charge in [-0.15, -0.1) is 0 Å². The molecule has 0 aromatic carbocycles. The molecule has 3 aromatic heterocycles. The van der Waals surface area contributed by atoms with E-state index in [0.29, 0.717) is 29.5 Å². The number of carbonyl (C=O) groups excluding carboxylic acids is 1. The molecule has 0 spiro atoms. The van der Waals surface area contributed by atoms with Crippen molar-refractivity contribution in [1.29, 1.82) is 0 Å². The Balaban J connectivity index is 1.70. The average Bonchev–Trinajstić information content (AvgIpc) is 3.42. The van der Waals surface area contributed by atoms with Crippen LogP contribution in [0.2, 0.25) is 0 Å². The Kier molecular flexibility index (Phi) is 4.62. The smallest absolute Gasteiger partial charge is 0.354 e. The number of rotatable bonds is 6. The van der Waals surface area contributed by atoms with Crippen LogP contribution < -0.4 is 10.9 Å². The van der Waals surface area contributed by atoms with Crippen LogP contribution in [0, 0.1) is 12.8 Å². The van der Waals surface area contributed by atoms with Crippen molar-refractivity contribution in [1.82, 2.24) is 19.1 Å². The van der Waals surface area contributed by atoms with Crippen LogP contribution in [0.15, 0.2) is 29.2 Å². The van der Waals surface area contributed by atoms with Gasteiger partial charge in [0.1, 0.15) is 11.3 Å². The number of hydrogen-bond acceptors (Lipinski definition) is 6. The van der Waals surface area contributed by atoms with Gasteiger partial charge in [-0.05, 0) is 31.4 Å². The van der Waals surface area contributed by atoms with Crippen LogP contribution in [0.25, 0.3) is 11.0 Å². The van der Waals surface area contributed by atoms with Gasteiger partial charge in [-0.2, -0.15) is 4.98 Å². The molecule has 8 nitrogen and oxygen atoms in total. The van der Waals surface area contributed by atoms with Gasteiger partial charge in [-0.25, -0.2) is 9.78 Å². The van der Waals surface area contributed by atoms with E-state index in [9.17, 15) is 9.59 Å². The van der Waals surface area contributed by atoms with Gasteiger partial charge in [0, 0.05) is 31.2 Å². The Morgan fingerprint density at radius 3 is 2.82 bits per heavy atom. The van der Waals surface area contributed by atoms with Crippen molar-refractivity contribution in [3.8, 4) is 0 Å². The molecular weight excluding hydrogens is 358 g/mol. The Bertz CT molecular complexity index is 1110. The monoisotopic (exact) mass is 381 g/mol. The summed E-state index contributed by atoms with van der Waals surface area (Å²) < 4.78 is 8.19. The highest BCUT2D eigenvalue weighted by atomic mass is 16.5. The zero-order valence-corrected chi connectivity index (χ0v) is 16.2. The standard InChI is InChI=1S/C20H23N5O3/c1-12-15-6-7-17(26)25(9-8-13-4-5-13)18(15)23-20(21-12)22-14-10-16(19(27)28-3)24(2)11-14/h6-7,10-11,13H,4-5,8-9H2,1-3H3,(H,21,22,23). The number of aryl methyl sites for hydroxylation is 3. The van der Waals surface area contributed by atoms with Crippen LogP contribution in [0.5, 0.6) is 0 Å². The Morgan fingerprint density at radius 2 is 2.11 bits per heavy atom. The third-order valence-electron chi connectivity index (χ3n) is 5.14. The molecule has 1 fully saturated rings. The number of ether oxygens (including phenoxy) is 1. The molecule has 0 aliphatic heterocycles. The third kappa shape index (κ3) is 3.49. The van der Waals surface area contributed by atoms with Crippen LogP contribution >= 0.6 is 0 Å². The van der Waals surface area contributed by atoms with Crippen LogP contribution in [0.3, 0.4) is 0 Å². The van der Waals surface area contributed by atoms with Crippen LogP contribution in [0.1, 0.15) is 35.4 Å². The van der Waals surface area contributed by atoms with E-state index in [2.05, 4.69) is 15.3 Å². The van der Waals surface area contributed by atoms with E-state index in [1.54, 1.807) is 40.6 Å². The van der Waals surface area contributed by atoms with Crippen molar-refractivity contribution in [2.45, 2.75) is 32.7 Å². The van der Waals surface area contributed by atoms with E-state index >= 15 is 0 Å². The molecule has 4 rings (SSSR count). The van der Waals surface area contributed by atoms with Crippen molar-refractivity contribution in [3.63, 3.8) is 0 Å². The lowest BCUT2D eigenvalue weighted by atomic mass is 10.2. The number of nitrogens with one attached hydrogen (secondary N) is 1. The highest BCUT2D eigenvalue weighted by Crippen LogP contribution is 2.33. The van der Waals surface area contributed by atoms with Gasteiger partial charge >= 0.3 is 5.97 Å². The van der Waals surface area contributed by atoms with Crippen molar-refractivity contribution in [3.05, 3.63) is 46.1 Å². The first-order valence-corrected chi connectivity index (χ1v) is 9.36. The van der Waals surface area contributed by atoms with Crippen molar-refractivity contribution >= 4 is 28.6 Å². The quantitative estimate of drug-likeness (QED) is 0.660. The molecule has 3 aromatic rings. The Labute approximate surface area is 162 Å². The summed E-state index contributed by atoms with van der Waals surface area (Å²) in [5, 5.41) is 4.00. The van der Waals surface area contributed by atoms with Gasteiger partial charge in [0.15, 0.2) is 0 Å². The second-order valence-corrected chi connectivity index (χ2v) is 7.27. The second-order valence-electron chi connectivity index (χ2n) is 7.27. The molecule has 0 radical (unpaired) electrons. The summed E-state index contributed by atoms with van der Waals surface area (Å²) in [5.41, 5.74) is 2.46. The van der Waals surface area contributed by atoms with Gasteiger partial charge in [0.25, 0.3) is 5.56 Å². The molecule has 0 saturated heterocycles. The first-order chi connectivity index (χ1) is 13.5. The average molecular weight is 381 g/mol. The molecule has 3 heterocycles. The minimum Gasteiger partial charge on any atom is -0.464 e. The summed E-state index contributed by atoms with van der Waals surface area (Å²) >= 11 is 0. The minimum absolute atomic E-state index is 0.0510. The van der Waals surface area contributed by atoms with Gasteiger partial charge in [-0.1, -0.05) is 12.8 Å². The molecule has 1 aliphatic carbocycles. The maximum atomic E-state index is 12.4. The number of carbonyl (C=O) groups is 1. The SMILES string of the molecule is COC(=O)c1cc(Nc2nc(C)c3ccc(=O)n(CCC4CC4)c3n2)cn1C. The van der Waals surface area contributed by atoms with Gasteiger partial charge in [0.05, 0.1) is 18.5 Å². The number of nitrogens with zero attached hydrogens (tertiary/aromatic N) is 4. The molecule has 28 heavy (non-hydrogen) atoms. The lowest BCUT2D eigenvalue weighted by Crippen LogP contribution is -2.21. The lowest BCUT2D eigenvalue weighted by Gasteiger charge is -2.12. The van der Waals surface area contributed by atoms with E-state index in [-0.39, 0.29) is 5.56 Å². The number of pyridine rings is 1. The molecule has 1 N–H and O–H groups in total. The van der Waals surface area contributed by atoms with E-state index in [4.69, 9.17) is 4.74 Å². The Hall–Kier alpha value is -3.16. The molecular formula is C20H23N5O3. The number of fused-ring (bicyclic) bond motifs is 1. The maximum Gasteiger partial charge on any atom is 0.354 e. The molecule has 0 bridgehead atoms. The number of aromatic nitrogens is 4. The third-order valence-corrected chi connectivity index (χ3v) is 5.14. The fraction of sp³-hybridized carbons (Fsp3) is 0.400.